The van der Waals surface area contributed by atoms with E-state index in [0.717, 1.165) is 42.7 Å². The number of piperidine rings is 1. The molecule has 7 heteroatoms. The Bertz CT molecular complexity index is 1200. The van der Waals surface area contributed by atoms with E-state index in [2.05, 4.69) is 27.6 Å². The number of furan rings is 1. The largest absolute Gasteiger partial charge is 0.457 e. The van der Waals surface area contributed by atoms with Crippen molar-refractivity contribution in [1.82, 2.24) is 15.2 Å². The number of likely N-dealkylation sites (N-methyl/N-ethyl adjacent to an activating group) is 1. The standard InChI is InChI=1S/C25H24N4O3/c1-29-12-4-5-17(15-29)27-25(31)22-10-8-16(14-26-22)23-11-9-18(32-23)13-20-19-6-2-3-7-21(19)28-24(20)30/h2-3,6-11,13-14,17H,4-5,12,15H2,1H3,(H,27,31)(H,28,30). The van der Waals surface area contributed by atoms with Crippen molar-refractivity contribution in [3.8, 4) is 11.3 Å². The first-order valence-electron chi connectivity index (χ1n) is 10.7. The topological polar surface area (TPSA) is 87.5 Å². The maximum absolute atomic E-state index is 12.5. The van der Waals surface area contributed by atoms with E-state index in [0.29, 0.717) is 22.8 Å². The van der Waals surface area contributed by atoms with Crippen LogP contribution in [0.5, 0.6) is 0 Å². The number of amides is 2. The van der Waals surface area contributed by atoms with Gasteiger partial charge < -0.3 is 20.0 Å². The van der Waals surface area contributed by atoms with Crippen LogP contribution in [0.15, 0.2) is 59.1 Å². The quantitative estimate of drug-likeness (QED) is 0.620. The first kappa shape index (κ1) is 20.2. The molecule has 2 aliphatic heterocycles. The van der Waals surface area contributed by atoms with E-state index >= 15 is 0 Å². The molecular weight excluding hydrogens is 404 g/mol. The Kier molecular flexibility index (Phi) is 5.33. The third kappa shape index (κ3) is 4.07. The smallest absolute Gasteiger partial charge is 0.270 e. The number of nitrogens with zero attached hydrogens (tertiary/aromatic N) is 2. The molecule has 2 aromatic heterocycles. The molecule has 0 radical (unpaired) electrons. The molecule has 2 amide bonds. The van der Waals surface area contributed by atoms with Gasteiger partial charge in [0, 0.05) is 35.6 Å². The van der Waals surface area contributed by atoms with Crippen LogP contribution in [0.2, 0.25) is 0 Å². The van der Waals surface area contributed by atoms with Gasteiger partial charge >= 0.3 is 0 Å². The number of rotatable bonds is 4. The van der Waals surface area contributed by atoms with Gasteiger partial charge in [0.05, 0.1) is 5.57 Å². The summed E-state index contributed by atoms with van der Waals surface area (Å²) in [5.41, 5.74) is 3.38. The lowest BCUT2D eigenvalue weighted by Crippen LogP contribution is -2.46. The van der Waals surface area contributed by atoms with Gasteiger partial charge in [0.15, 0.2) is 0 Å². The van der Waals surface area contributed by atoms with Gasteiger partial charge in [-0.1, -0.05) is 18.2 Å². The van der Waals surface area contributed by atoms with Crippen molar-refractivity contribution in [3.05, 3.63) is 71.7 Å². The minimum atomic E-state index is -0.160. The van der Waals surface area contributed by atoms with Crippen LogP contribution in [0, 0.1) is 0 Å². The average molecular weight is 428 g/mol. The Hall–Kier alpha value is -3.71. The first-order chi connectivity index (χ1) is 15.6. The molecule has 1 unspecified atom stereocenters. The monoisotopic (exact) mass is 428 g/mol. The molecule has 0 aliphatic carbocycles. The third-order valence-electron chi connectivity index (χ3n) is 5.86. The number of hydrogen-bond donors (Lipinski definition) is 2. The Morgan fingerprint density at radius 1 is 1.22 bits per heavy atom. The molecule has 162 valence electrons. The van der Waals surface area contributed by atoms with Gasteiger partial charge in [-0.3, -0.25) is 14.6 Å². The predicted octanol–water partition coefficient (Wildman–Crippen LogP) is 3.66. The Balaban J connectivity index is 1.30. The summed E-state index contributed by atoms with van der Waals surface area (Å²) in [4.78, 5) is 31.4. The highest BCUT2D eigenvalue weighted by Gasteiger charge is 2.24. The maximum Gasteiger partial charge on any atom is 0.270 e. The van der Waals surface area contributed by atoms with Crippen LogP contribution in [-0.4, -0.2) is 47.9 Å². The van der Waals surface area contributed by atoms with E-state index in [4.69, 9.17) is 4.42 Å². The molecule has 4 heterocycles. The van der Waals surface area contributed by atoms with Gasteiger partial charge in [0.2, 0.25) is 0 Å². The number of nitrogens with one attached hydrogen (secondary N) is 2. The van der Waals surface area contributed by atoms with E-state index < -0.39 is 0 Å². The van der Waals surface area contributed by atoms with Crippen molar-refractivity contribution in [2.75, 3.05) is 25.5 Å². The number of carbonyl (C=O) groups is 2. The minimum absolute atomic E-state index is 0.148. The van der Waals surface area contributed by atoms with Gasteiger partial charge in [0.25, 0.3) is 11.8 Å². The molecule has 1 atom stereocenters. The van der Waals surface area contributed by atoms with E-state index in [1.807, 2.05) is 42.5 Å². The van der Waals surface area contributed by atoms with Crippen LogP contribution in [0.1, 0.15) is 34.7 Å². The lowest BCUT2D eigenvalue weighted by molar-refractivity contribution is -0.110. The summed E-state index contributed by atoms with van der Waals surface area (Å²) in [5, 5.41) is 5.92. The highest BCUT2D eigenvalue weighted by Crippen LogP contribution is 2.33. The Morgan fingerprint density at radius 3 is 2.91 bits per heavy atom. The second-order valence-corrected chi connectivity index (χ2v) is 8.27. The highest BCUT2D eigenvalue weighted by molar-refractivity contribution is 6.34. The summed E-state index contributed by atoms with van der Waals surface area (Å²) in [6.07, 6.45) is 5.44. The molecule has 7 nitrogen and oxygen atoms in total. The minimum Gasteiger partial charge on any atom is -0.457 e. The maximum atomic E-state index is 12.5. The highest BCUT2D eigenvalue weighted by atomic mass is 16.3. The van der Waals surface area contributed by atoms with E-state index in [9.17, 15) is 9.59 Å². The van der Waals surface area contributed by atoms with E-state index in [-0.39, 0.29) is 17.9 Å². The molecule has 0 saturated carbocycles. The molecule has 3 aromatic rings. The molecular formula is C25H24N4O3. The van der Waals surface area contributed by atoms with Crippen molar-refractivity contribution in [1.29, 1.82) is 0 Å². The molecule has 1 aromatic carbocycles. The number of likely N-dealkylation sites (tertiary alicyclic amines) is 1. The number of benzene rings is 1. The fraction of sp³-hybridized carbons (Fsp3) is 0.240. The average Bonchev–Trinajstić information content (AvgIpc) is 3.39. The summed E-state index contributed by atoms with van der Waals surface area (Å²) in [6, 6.07) is 14.9. The zero-order valence-electron chi connectivity index (χ0n) is 17.8. The van der Waals surface area contributed by atoms with Crippen molar-refractivity contribution < 1.29 is 14.0 Å². The van der Waals surface area contributed by atoms with Crippen molar-refractivity contribution in [3.63, 3.8) is 0 Å². The zero-order valence-corrected chi connectivity index (χ0v) is 17.8. The van der Waals surface area contributed by atoms with Crippen LogP contribution in [0.4, 0.5) is 5.69 Å². The van der Waals surface area contributed by atoms with E-state index in [1.54, 1.807) is 18.3 Å². The van der Waals surface area contributed by atoms with Gasteiger partial charge in [-0.2, -0.15) is 0 Å². The number of pyridine rings is 1. The van der Waals surface area contributed by atoms with Gasteiger partial charge in [0.1, 0.15) is 17.2 Å². The fourth-order valence-electron chi connectivity index (χ4n) is 4.23. The lowest BCUT2D eigenvalue weighted by Gasteiger charge is -2.30. The van der Waals surface area contributed by atoms with Crippen LogP contribution in [0.3, 0.4) is 0 Å². The molecule has 0 bridgehead atoms. The van der Waals surface area contributed by atoms with Gasteiger partial charge in [-0.05, 0) is 62.8 Å². The van der Waals surface area contributed by atoms with Crippen molar-refractivity contribution in [2.45, 2.75) is 18.9 Å². The lowest BCUT2D eigenvalue weighted by atomic mass is 10.1. The second-order valence-electron chi connectivity index (χ2n) is 8.27. The third-order valence-corrected chi connectivity index (χ3v) is 5.86. The number of hydrogen-bond acceptors (Lipinski definition) is 5. The first-order valence-corrected chi connectivity index (χ1v) is 10.7. The zero-order chi connectivity index (χ0) is 22.1. The molecule has 5 rings (SSSR count). The molecule has 32 heavy (non-hydrogen) atoms. The summed E-state index contributed by atoms with van der Waals surface area (Å²) >= 11 is 0. The van der Waals surface area contributed by atoms with Gasteiger partial charge in [-0.15, -0.1) is 0 Å². The number of para-hydroxylation sites is 1. The van der Waals surface area contributed by atoms with Crippen LogP contribution in [-0.2, 0) is 4.79 Å². The van der Waals surface area contributed by atoms with Crippen molar-refractivity contribution >= 4 is 29.2 Å². The second kappa shape index (κ2) is 8.43. The van der Waals surface area contributed by atoms with Crippen molar-refractivity contribution in [2.24, 2.45) is 0 Å². The molecule has 1 fully saturated rings. The fourth-order valence-corrected chi connectivity index (χ4v) is 4.23. The molecule has 2 aliphatic rings. The summed E-state index contributed by atoms with van der Waals surface area (Å²) in [7, 11) is 2.07. The molecule has 2 N–H and O–H groups in total. The Labute approximate surface area is 186 Å². The number of fused-ring (bicyclic) bond motifs is 1. The molecule has 1 saturated heterocycles. The summed E-state index contributed by atoms with van der Waals surface area (Å²) in [5.74, 6) is 0.889. The number of aromatic nitrogens is 1. The summed E-state index contributed by atoms with van der Waals surface area (Å²) < 4.78 is 5.93. The van der Waals surface area contributed by atoms with Gasteiger partial charge in [-0.25, -0.2) is 0 Å². The Morgan fingerprint density at radius 2 is 2.09 bits per heavy atom. The van der Waals surface area contributed by atoms with Crippen LogP contribution >= 0.6 is 0 Å². The normalized spacial score (nSPS) is 19.6. The number of carbonyl (C=O) groups excluding carboxylic acids is 2. The van der Waals surface area contributed by atoms with E-state index in [1.165, 1.54) is 0 Å². The molecule has 0 spiro atoms. The van der Waals surface area contributed by atoms with Crippen LogP contribution < -0.4 is 10.6 Å². The summed E-state index contributed by atoms with van der Waals surface area (Å²) in [6.45, 7) is 1.93. The van der Waals surface area contributed by atoms with Crippen LogP contribution in [0.25, 0.3) is 23.0 Å². The predicted molar refractivity (Wildman–Crippen MR) is 123 cm³/mol. The number of anilines is 1. The SMILES string of the molecule is CN1CCCC(NC(=O)c2ccc(-c3ccc(C=C4C(=O)Nc5ccccc54)o3)cn2)C1.